The zero-order chi connectivity index (χ0) is 22.6. The lowest BCUT2D eigenvalue weighted by Gasteiger charge is -2.37. The van der Waals surface area contributed by atoms with Crippen LogP contribution in [-0.4, -0.2) is 69.9 Å². The van der Waals surface area contributed by atoms with Crippen LogP contribution in [0.4, 0.5) is 5.82 Å². The first kappa shape index (κ1) is 21.5. The number of amides is 1. The Labute approximate surface area is 194 Å². The summed E-state index contributed by atoms with van der Waals surface area (Å²) in [5.74, 6) is 1.46. The van der Waals surface area contributed by atoms with E-state index < -0.39 is 0 Å². The second kappa shape index (κ2) is 9.64. The van der Waals surface area contributed by atoms with E-state index in [2.05, 4.69) is 50.0 Å². The number of aromatic nitrogens is 3. The maximum atomic E-state index is 11.3. The topological polar surface area (TPSA) is 91.5 Å². The highest BCUT2D eigenvalue weighted by atomic mass is 16.1. The van der Waals surface area contributed by atoms with Crippen molar-refractivity contribution in [3.63, 3.8) is 0 Å². The lowest BCUT2D eigenvalue weighted by Crippen LogP contribution is -2.49. The normalized spacial score (nSPS) is 17.0. The molecule has 3 aromatic rings. The molecule has 2 N–H and O–H groups in total. The summed E-state index contributed by atoms with van der Waals surface area (Å²) >= 11 is 0. The first-order valence-electron chi connectivity index (χ1n) is 11.5. The molecule has 2 aliphatic heterocycles. The first-order chi connectivity index (χ1) is 16.2. The number of carbonyl (C=O) groups is 1. The summed E-state index contributed by atoms with van der Waals surface area (Å²) < 4.78 is 0. The number of nitrogens with zero attached hydrogens (tertiary/aromatic N) is 6. The van der Waals surface area contributed by atoms with Crippen molar-refractivity contribution in [3.05, 3.63) is 71.7 Å². The highest BCUT2D eigenvalue weighted by molar-refractivity contribution is 5.76. The van der Waals surface area contributed by atoms with Crippen LogP contribution in [0.15, 0.2) is 54.9 Å². The van der Waals surface area contributed by atoms with Crippen LogP contribution in [0.3, 0.4) is 0 Å². The van der Waals surface area contributed by atoms with Gasteiger partial charge in [0.15, 0.2) is 5.82 Å². The Bertz CT molecular complexity index is 1100. The number of carbonyl (C=O) groups excluding carboxylic acids is 1. The van der Waals surface area contributed by atoms with Gasteiger partial charge in [-0.05, 0) is 17.7 Å². The quantitative estimate of drug-likeness (QED) is 0.620. The molecule has 2 aromatic heterocycles. The number of nitrogens with two attached hydrogens (primary N) is 1. The van der Waals surface area contributed by atoms with Gasteiger partial charge in [0.1, 0.15) is 5.82 Å². The molecule has 0 spiro atoms. The zero-order valence-electron chi connectivity index (χ0n) is 18.7. The number of pyridine rings is 1. The van der Waals surface area contributed by atoms with Gasteiger partial charge in [-0.15, -0.1) is 0 Å². The third-order valence-corrected chi connectivity index (χ3v) is 6.34. The number of fused-ring (bicyclic) bond motifs is 1. The van der Waals surface area contributed by atoms with Crippen molar-refractivity contribution < 1.29 is 4.79 Å². The van der Waals surface area contributed by atoms with Crippen molar-refractivity contribution in [2.45, 2.75) is 19.5 Å². The molecule has 0 bridgehead atoms. The molecule has 1 saturated heterocycles. The average Bonchev–Trinajstić information content (AvgIpc) is 2.85. The van der Waals surface area contributed by atoms with E-state index in [0.717, 1.165) is 75.1 Å². The Morgan fingerprint density at radius 3 is 2.48 bits per heavy atom. The highest BCUT2D eigenvalue weighted by Gasteiger charge is 2.28. The van der Waals surface area contributed by atoms with Crippen LogP contribution in [0, 0.1) is 0 Å². The standard InChI is InChI=1S/C25H29N7O/c26-23(33)18-30-11-13-32(14-12-30)25-21-17-31(16-19-5-2-1-3-6-19)10-8-22(21)28-24(29-25)20-7-4-9-27-15-20/h1-7,9,15H,8,10-14,16-18H2,(H2,26,33). The fourth-order valence-corrected chi connectivity index (χ4v) is 4.65. The lowest BCUT2D eigenvalue weighted by atomic mass is 10.0. The van der Waals surface area contributed by atoms with Crippen LogP contribution >= 0.6 is 0 Å². The molecule has 0 atom stereocenters. The van der Waals surface area contributed by atoms with E-state index in [1.807, 2.05) is 18.3 Å². The van der Waals surface area contributed by atoms with Gasteiger partial charge in [-0.25, -0.2) is 9.97 Å². The molecule has 170 valence electrons. The van der Waals surface area contributed by atoms with Gasteiger partial charge in [0, 0.05) is 75.8 Å². The number of piperazine rings is 1. The van der Waals surface area contributed by atoms with E-state index in [0.29, 0.717) is 6.54 Å². The fourth-order valence-electron chi connectivity index (χ4n) is 4.65. The van der Waals surface area contributed by atoms with Crippen LogP contribution < -0.4 is 10.6 Å². The maximum Gasteiger partial charge on any atom is 0.231 e. The highest BCUT2D eigenvalue weighted by Crippen LogP contribution is 2.30. The second-order valence-corrected chi connectivity index (χ2v) is 8.71. The number of rotatable bonds is 6. The van der Waals surface area contributed by atoms with E-state index >= 15 is 0 Å². The molecule has 2 aliphatic rings. The Morgan fingerprint density at radius 1 is 0.939 bits per heavy atom. The molecule has 1 amide bonds. The molecule has 1 fully saturated rings. The third kappa shape index (κ3) is 5.02. The maximum absolute atomic E-state index is 11.3. The van der Waals surface area contributed by atoms with Gasteiger partial charge in [0.2, 0.25) is 5.91 Å². The van der Waals surface area contributed by atoms with Crippen LogP contribution in [0.5, 0.6) is 0 Å². The summed E-state index contributed by atoms with van der Waals surface area (Å²) in [5.41, 5.74) is 9.99. The lowest BCUT2D eigenvalue weighted by molar-refractivity contribution is -0.119. The first-order valence-corrected chi connectivity index (χ1v) is 11.5. The van der Waals surface area contributed by atoms with Crippen molar-refractivity contribution in [3.8, 4) is 11.4 Å². The van der Waals surface area contributed by atoms with Gasteiger partial charge in [-0.1, -0.05) is 30.3 Å². The van der Waals surface area contributed by atoms with E-state index in [1.54, 1.807) is 6.20 Å². The Balaban J connectivity index is 1.44. The monoisotopic (exact) mass is 443 g/mol. The molecule has 4 heterocycles. The van der Waals surface area contributed by atoms with Gasteiger partial charge in [0.25, 0.3) is 0 Å². The summed E-state index contributed by atoms with van der Waals surface area (Å²) in [6.07, 6.45) is 4.48. The van der Waals surface area contributed by atoms with Crippen molar-refractivity contribution in [2.75, 3.05) is 44.2 Å². The minimum atomic E-state index is -0.279. The molecule has 1 aromatic carbocycles. The SMILES string of the molecule is NC(=O)CN1CCN(c2nc(-c3cccnc3)nc3c2CN(Cc2ccccc2)CC3)CC1. The zero-order valence-corrected chi connectivity index (χ0v) is 18.7. The number of hydrogen-bond acceptors (Lipinski definition) is 7. The minimum absolute atomic E-state index is 0.279. The molecular formula is C25H29N7O. The molecule has 8 nitrogen and oxygen atoms in total. The van der Waals surface area contributed by atoms with Crippen LogP contribution in [0.1, 0.15) is 16.8 Å². The van der Waals surface area contributed by atoms with E-state index in [9.17, 15) is 4.79 Å². The summed E-state index contributed by atoms with van der Waals surface area (Å²) in [4.78, 5) is 32.5. The van der Waals surface area contributed by atoms with Crippen molar-refractivity contribution in [1.29, 1.82) is 0 Å². The molecule has 8 heteroatoms. The van der Waals surface area contributed by atoms with Crippen molar-refractivity contribution in [2.24, 2.45) is 5.73 Å². The summed E-state index contributed by atoms with van der Waals surface area (Å²) in [7, 11) is 0. The van der Waals surface area contributed by atoms with Gasteiger partial charge in [-0.2, -0.15) is 0 Å². The molecule has 0 radical (unpaired) electrons. The van der Waals surface area contributed by atoms with Gasteiger partial charge in [0.05, 0.1) is 12.2 Å². The second-order valence-electron chi connectivity index (χ2n) is 8.71. The van der Waals surface area contributed by atoms with Crippen molar-refractivity contribution in [1.82, 2.24) is 24.8 Å². The Kier molecular flexibility index (Phi) is 6.28. The van der Waals surface area contributed by atoms with Gasteiger partial charge < -0.3 is 10.6 Å². The Hall–Kier alpha value is -3.36. The number of primary amides is 1. The van der Waals surface area contributed by atoms with E-state index in [4.69, 9.17) is 15.7 Å². The van der Waals surface area contributed by atoms with E-state index in [-0.39, 0.29) is 5.91 Å². The summed E-state index contributed by atoms with van der Waals surface area (Å²) in [6, 6.07) is 14.5. The molecule has 5 rings (SSSR count). The molecule has 0 unspecified atom stereocenters. The van der Waals surface area contributed by atoms with Gasteiger partial charge >= 0.3 is 0 Å². The predicted molar refractivity (Wildman–Crippen MR) is 127 cm³/mol. The largest absolute Gasteiger partial charge is 0.369 e. The third-order valence-electron chi connectivity index (χ3n) is 6.34. The molecule has 33 heavy (non-hydrogen) atoms. The number of benzene rings is 1. The smallest absolute Gasteiger partial charge is 0.231 e. The van der Waals surface area contributed by atoms with E-state index in [1.165, 1.54) is 11.1 Å². The van der Waals surface area contributed by atoms with Gasteiger partial charge in [-0.3, -0.25) is 19.6 Å². The molecule has 0 saturated carbocycles. The van der Waals surface area contributed by atoms with Crippen LogP contribution in [-0.2, 0) is 24.3 Å². The Morgan fingerprint density at radius 2 is 1.76 bits per heavy atom. The molecular weight excluding hydrogens is 414 g/mol. The summed E-state index contributed by atoms with van der Waals surface area (Å²) in [5, 5.41) is 0. The van der Waals surface area contributed by atoms with Crippen molar-refractivity contribution >= 4 is 11.7 Å². The number of hydrogen-bond donors (Lipinski definition) is 1. The van der Waals surface area contributed by atoms with Crippen LogP contribution in [0.2, 0.25) is 0 Å². The number of anilines is 1. The summed E-state index contributed by atoms with van der Waals surface area (Å²) in [6.45, 7) is 6.21. The fraction of sp³-hybridized carbons (Fsp3) is 0.360. The predicted octanol–water partition coefficient (Wildman–Crippen LogP) is 1.70. The molecule has 0 aliphatic carbocycles. The average molecular weight is 444 g/mol. The van der Waals surface area contributed by atoms with Crippen LogP contribution in [0.25, 0.3) is 11.4 Å². The minimum Gasteiger partial charge on any atom is -0.369 e.